The molecule has 134 valence electrons. The lowest BCUT2D eigenvalue weighted by atomic mass is 9.76. The van der Waals surface area contributed by atoms with E-state index in [2.05, 4.69) is 6.92 Å². The van der Waals surface area contributed by atoms with E-state index >= 15 is 0 Å². The Hall–Kier alpha value is -1.12. The molecule has 0 amide bonds. The fraction of sp³-hybridized carbons (Fsp3) is 0.714. The molecule has 3 rings (SSSR count). The molecule has 1 aromatic carbocycles. The standard InChI is InChI=1S/C21H30F2O/c1-3-4-5-6-15-7-9-16(10-8-15)18-12-11-17-13-14(2)19(22)20(23)21(17)24-18/h13,15-16,18H,3-12H2,1-2H3. The first-order valence-electron chi connectivity index (χ1n) is 9.74. The molecule has 1 aliphatic carbocycles. The first kappa shape index (κ1) is 17.7. The summed E-state index contributed by atoms with van der Waals surface area (Å²) in [6, 6.07) is 1.74. The van der Waals surface area contributed by atoms with Gasteiger partial charge < -0.3 is 4.74 Å². The molecule has 1 aromatic rings. The van der Waals surface area contributed by atoms with Crippen molar-refractivity contribution in [2.24, 2.45) is 11.8 Å². The summed E-state index contributed by atoms with van der Waals surface area (Å²) in [5.74, 6) is 0.00116. The van der Waals surface area contributed by atoms with Gasteiger partial charge in [0.2, 0.25) is 5.82 Å². The predicted octanol–water partition coefficient (Wildman–Crippen LogP) is 6.35. The second-order valence-corrected chi connectivity index (χ2v) is 7.78. The first-order valence-corrected chi connectivity index (χ1v) is 9.74. The van der Waals surface area contributed by atoms with Gasteiger partial charge in [-0.05, 0) is 61.6 Å². The lowest BCUT2D eigenvalue weighted by Gasteiger charge is -2.37. The summed E-state index contributed by atoms with van der Waals surface area (Å²) in [4.78, 5) is 0. The second-order valence-electron chi connectivity index (χ2n) is 7.78. The molecule has 0 saturated heterocycles. The lowest BCUT2D eigenvalue weighted by Crippen LogP contribution is -2.34. The average Bonchev–Trinajstić information content (AvgIpc) is 2.60. The van der Waals surface area contributed by atoms with Crippen LogP contribution >= 0.6 is 0 Å². The topological polar surface area (TPSA) is 9.23 Å². The van der Waals surface area contributed by atoms with Gasteiger partial charge in [0.05, 0.1) is 0 Å². The molecule has 1 saturated carbocycles. The molecule has 2 aliphatic rings. The second kappa shape index (κ2) is 7.84. The number of halogens is 2. The van der Waals surface area contributed by atoms with E-state index in [1.807, 2.05) is 0 Å². The Morgan fingerprint density at radius 1 is 1.04 bits per heavy atom. The minimum atomic E-state index is -0.789. The van der Waals surface area contributed by atoms with Crippen molar-refractivity contribution in [3.8, 4) is 5.75 Å². The number of ether oxygens (including phenoxy) is 1. The van der Waals surface area contributed by atoms with Crippen LogP contribution in [0.25, 0.3) is 0 Å². The van der Waals surface area contributed by atoms with Crippen LogP contribution in [0, 0.1) is 30.4 Å². The summed E-state index contributed by atoms with van der Waals surface area (Å²) in [5, 5.41) is 0. The van der Waals surface area contributed by atoms with Gasteiger partial charge in [0.15, 0.2) is 11.6 Å². The van der Waals surface area contributed by atoms with Crippen LogP contribution in [0.5, 0.6) is 5.75 Å². The van der Waals surface area contributed by atoms with Gasteiger partial charge >= 0.3 is 0 Å². The van der Waals surface area contributed by atoms with E-state index in [0.29, 0.717) is 11.5 Å². The van der Waals surface area contributed by atoms with Crippen LogP contribution in [-0.2, 0) is 6.42 Å². The summed E-state index contributed by atoms with van der Waals surface area (Å²) in [7, 11) is 0. The molecule has 0 N–H and O–H groups in total. The van der Waals surface area contributed by atoms with Crippen molar-refractivity contribution in [3.05, 3.63) is 28.8 Å². The maximum absolute atomic E-state index is 14.2. The van der Waals surface area contributed by atoms with Gasteiger partial charge in [0.1, 0.15) is 6.10 Å². The van der Waals surface area contributed by atoms with Gasteiger partial charge in [0, 0.05) is 0 Å². The van der Waals surface area contributed by atoms with Crippen molar-refractivity contribution < 1.29 is 13.5 Å². The average molecular weight is 336 g/mol. The zero-order valence-electron chi connectivity index (χ0n) is 15.0. The van der Waals surface area contributed by atoms with Crippen LogP contribution in [-0.4, -0.2) is 6.10 Å². The minimum absolute atomic E-state index is 0.0608. The first-order chi connectivity index (χ1) is 11.6. The monoisotopic (exact) mass is 336 g/mol. The molecule has 0 bridgehead atoms. The third kappa shape index (κ3) is 3.75. The largest absolute Gasteiger partial charge is 0.487 e. The van der Waals surface area contributed by atoms with Gasteiger partial charge in [-0.3, -0.25) is 0 Å². The Balaban J connectivity index is 1.58. The Labute approximate surface area is 144 Å². The van der Waals surface area contributed by atoms with Crippen LogP contribution in [0.3, 0.4) is 0 Å². The molecule has 0 spiro atoms. The smallest absolute Gasteiger partial charge is 0.201 e. The fourth-order valence-electron chi connectivity index (χ4n) is 4.49. The summed E-state index contributed by atoms with van der Waals surface area (Å²) >= 11 is 0. The maximum Gasteiger partial charge on any atom is 0.201 e. The summed E-state index contributed by atoms with van der Waals surface area (Å²) in [5.41, 5.74) is 1.21. The Morgan fingerprint density at radius 2 is 1.79 bits per heavy atom. The Morgan fingerprint density at radius 3 is 2.50 bits per heavy atom. The van der Waals surface area contributed by atoms with Gasteiger partial charge in [-0.15, -0.1) is 0 Å². The molecule has 0 aromatic heterocycles. The maximum atomic E-state index is 14.2. The number of rotatable bonds is 5. The Bertz CT molecular complexity index is 561. The van der Waals surface area contributed by atoms with Gasteiger partial charge in [-0.25, -0.2) is 4.39 Å². The molecule has 1 heterocycles. The number of aryl methyl sites for hydroxylation is 2. The van der Waals surface area contributed by atoms with Crippen LogP contribution < -0.4 is 4.74 Å². The number of unbranched alkanes of at least 4 members (excludes halogenated alkanes) is 2. The third-order valence-electron chi connectivity index (χ3n) is 6.02. The SMILES string of the molecule is CCCCCC1CCC(C2CCc3cc(C)c(F)c(F)c3O2)CC1. The molecule has 0 radical (unpaired) electrons. The lowest BCUT2D eigenvalue weighted by molar-refractivity contribution is 0.0707. The van der Waals surface area contributed by atoms with Crippen molar-refractivity contribution in [1.82, 2.24) is 0 Å². The molecular weight excluding hydrogens is 306 g/mol. The summed E-state index contributed by atoms with van der Waals surface area (Å²) in [6.07, 6.45) is 12.0. The van der Waals surface area contributed by atoms with Crippen LogP contribution in [0.4, 0.5) is 8.78 Å². The molecule has 24 heavy (non-hydrogen) atoms. The number of hydrogen-bond donors (Lipinski definition) is 0. The molecule has 1 nitrogen and oxygen atoms in total. The van der Waals surface area contributed by atoms with Gasteiger partial charge in [-0.1, -0.05) is 45.4 Å². The highest BCUT2D eigenvalue weighted by molar-refractivity contribution is 5.41. The zero-order chi connectivity index (χ0) is 17.1. The van der Waals surface area contributed by atoms with Crippen molar-refractivity contribution in [1.29, 1.82) is 0 Å². The third-order valence-corrected chi connectivity index (χ3v) is 6.02. The summed E-state index contributed by atoms with van der Waals surface area (Å²) < 4.78 is 34.0. The Kier molecular flexibility index (Phi) is 5.78. The van der Waals surface area contributed by atoms with Crippen molar-refractivity contribution >= 4 is 0 Å². The molecule has 1 fully saturated rings. The molecular formula is C21H30F2O. The highest BCUT2D eigenvalue weighted by atomic mass is 19.2. The zero-order valence-corrected chi connectivity index (χ0v) is 15.0. The van der Waals surface area contributed by atoms with Gasteiger partial charge in [-0.2, -0.15) is 4.39 Å². The van der Waals surface area contributed by atoms with E-state index in [0.717, 1.165) is 24.3 Å². The number of benzene rings is 1. The predicted molar refractivity (Wildman–Crippen MR) is 93.4 cm³/mol. The minimum Gasteiger partial charge on any atom is -0.487 e. The molecule has 1 aliphatic heterocycles. The van der Waals surface area contributed by atoms with E-state index < -0.39 is 11.6 Å². The van der Waals surface area contributed by atoms with Crippen molar-refractivity contribution in [2.45, 2.75) is 84.2 Å². The van der Waals surface area contributed by atoms with Crippen LogP contribution in [0.2, 0.25) is 0 Å². The van der Waals surface area contributed by atoms with E-state index in [9.17, 15) is 8.78 Å². The molecule has 1 atom stereocenters. The van der Waals surface area contributed by atoms with Crippen molar-refractivity contribution in [2.75, 3.05) is 0 Å². The number of fused-ring (bicyclic) bond motifs is 1. The number of hydrogen-bond acceptors (Lipinski definition) is 1. The van der Waals surface area contributed by atoms with E-state index in [1.54, 1.807) is 13.0 Å². The highest BCUT2D eigenvalue weighted by Gasteiger charge is 2.33. The van der Waals surface area contributed by atoms with Crippen molar-refractivity contribution in [3.63, 3.8) is 0 Å². The molecule has 3 heteroatoms. The quantitative estimate of drug-likeness (QED) is 0.569. The summed E-state index contributed by atoms with van der Waals surface area (Å²) in [6.45, 7) is 3.86. The normalized spacial score (nSPS) is 26.8. The fourth-order valence-corrected chi connectivity index (χ4v) is 4.49. The van der Waals surface area contributed by atoms with Crippen LogP contribution in [0.15, 0.2) is 6.07 Å². The molecule has 1 unspecified atom stereocenters. The van der Waals surface area contributed by atoms with E-state index in [4.69, 9.17) is 4.74 Å². The van der Waals surface area contributed by atoms with E-state index in [1.165, 1.54) is 51.4 Å². The van der Waals surface area contributed by atoms with Crippen LogP contribution in [0.1, 0.15) is 75.8 Å². The van der Waals surface area contributed by atoms with E-state index in [-0.39, 0.29) is 11.9 Å². The van der Waals surface area contributed by atoms with Gasteiger partial charge in [0.25, 0.3) is 0 Å². The highest BCUT2D eigenvalue weighted by Crippen LogP contribution is 2.40.